The summed E-state index contributed by atoms with van der Waals surface area (Å²) in [5.74, 6) is 4.70. The second-order valence-electron chi connectivity index (χ2n) is 7.44. The lowest BCUT2D eigenvalue weighted by molar-refractivity contribution is -0.124. The van der Waals surface area contributed by atoms with E-state index in [1.165, 1.54) is 12.1 Å². The van der Waals surface area contributed by atoms with Crippen LogP contribution in [0.5, 0.6) is 11.5 Å². The quantitative estimate of drug-likeness (QED) is 0.103. The van der Waals surface area contributed by atoms with Crippen molar-refractivity contribution in [2.45, 2.75) is 0 Å². The number of hydrogen-bond donors (Lipinski definition) is 4. The van der Waals surface area contributed by atoms with E-state index in [9.17, 15) is 9.59 Å². The van der Waals surface area contributed by atoms with Crippen LogP contribution in [0, 0.1) is 24.7 Å². The van der Waals surface area contributed by atoms with E-state index in [2.05, 4.69) is 22.5 Å². The minimum absolute atomic E-state index is 0.244. The molecule has 0 fully saturated rings. The maximum absolute atomic E-state index is 12.1. The van der Waals surface area contributed by atoms with Crippen molar-refractivity contribution in [2.75, 3.05) is 92.2 Å². The number of amides is 2. The van der Waals surface area contributed by atoms with Gasteiger partial charge in [0.2, 0.25) is 0 Å². The Hall–Kier alpha value is -3.36. The average molecular weight is 535 g/mol. The molecule has 0 unspecified atom stereocenters. The van der Waals surface area contributed by atoms with Gasteiger partial charge in [0.1, 0.15) is 11.5 Å². The Bertz CT molecular complexity index is 840. The van der Waals surface area contributed by atoms with Crippen LogP contribution in [0.3, 0.4) is 0 Å². The van der Waals surface area contributed by atoms with E-state index in [0.717, 1.165) is 0 Å². The standard InChI is InChI=1S/C26H38N4O8/c1-3-21-17-24(38-20-26(32)30-8-12-36-16-14-34-10-6-28)22(4-2)18-23(21)37-19-25(31)29-7-11-35-15-13-33-9-5-27/h1-2,17-18H,5-16,19-20,27-28H2,(H,29,31)(H,30,32). The van der Waals surface area contributed by atoms with Gasteiger partial charge in [0.25, 0.3) is 11.8 Å². The molecule has 0 radical (unpaired) electrons. The molecular weight excluding hydrogens is 496 g/mol. The smallest absolute Gasteiger partial charge is 0.258 e. The lowest BCUT2D eigenvalue weighted by Crippen LogP contribution is -2.32. The number of terminal acetylenes is 2. The SMILES string of the molecule is C#Cc1cc(OCC(=O)NCCOCCOCCN)c(C#C)cc1OCC(=O)NCCOCCOCCN. The molecule has 0 saturated carbocycles. The van der Waals surface area contributed by atoms with Gasteiger partial charge in [-0.05, 0) is 0 Å². The number of hydrogen-bond acceptors (Lipinski definition) is 10. The van der Waals surface area contributed by atoms with E-state index in [-0.39, 0.29) is 36.5 Å². The molecule has 0 spiro atoms. The Balaban J connectivity index is 2.41. The van der Waals surface area contributed by atoms with Gasteiger partial charge in [-0.1, -0.05) is 11.8 Å². The third-order valence-electron chi connectivity index (χ3n) is 4.52. The molecule has 6 N–H and O–H groups in total. The average Bonchev–Trinajstić information content (AvgIpc) is 2.93. The number of nitrogens with two attached hydrogens (primary N) is 2. The van der Waals surface area contributed by atoms with E-state index < -0.39 is 0 Å². The van der Waals surface area contributed by atoms with Crippen molar-refractivity contribution in [1.82, 2.24) is 10.6 Å². The fourth-order valence-electron chi connectivity index (χ4n) is 2.75. The number of carbonyl (C=O) groups excluding carboxylic acids is 2. The van der Waals surface area contributed by atoms with Crippen molar-refractivity contribution in [1.29, 1.82) is 0 Å². The summed E-state index contributed by atoms with van der Waals surface area (Å²) in [5, 5.41) is 5.34. The molecule has 12 heteroatoms. The van der Waals surface area contributed by atoms with Gasteiger partial charge >= 0.3 is 0 Å². The first-order chi connectivity index (χ1) is 18.5. The predicted octanol–water partition coefficient (Wildman–Crippen LogP) is -1.38. The highest BCUT2D eigenvalue weighted by Crippen LogP contribution is 2.28. The highest BCUT2D eigenvalue weighted by molar-refractivity contribution is 5.78. The van der Waals surface area contributed by atoms with Crippen molar-refractivity contribution >= 4 is 11.8 Å². The van der Waals surface area contributed by atoms with Crippen molar-refractivity contribution < 1.29 is 38.0 Å². The summed E-state index contributed by atoms with van der Waals surface area (Å²) in [6.07, 6.45) is 11.2. The zero-order valence-corrected chi connectivity index (χ0v) is 21.6. The van der Waals surface area contributed by atoms with Gasteiger partial charge in [0.05, 0.1) is 64.0 Å². The van der Waals surface area contributed by atoms with Crippen LogP contribution in [0.25, 0.3) is 0 Å². The van der Waals surface area contributed by atoms with Gasteiger partial charge in [-0.15, -0.1) is 12.8 Å². The predicted molar refractivity (Wildman–Crippen MR) is 141 cm³/mol. The molecule has 0 aliphatic rings. The first kappa shape index (κ1) is 32.7. The number of nitrogens with one attached hydrogen (secondary N) is 2. The van der Waals surface area contributed by atoms with Gasteiger partial charge in [-0.2, -0.15) is 0 Å². The van der Waals surface area contributed by atoms with Crippen molar-refractivity contribution in [3.63, 3.8) is 0 Å². The van der Waals surface area contributed by atoms with E-state index in [0.29, 0.717) is 90.2 Å². The summed E-state index contributed by atoms with van der Waals surface area (Å²) in [7, 11) is 0. The number of carbonyl (C=O) groups is 2. The summed E-state index contributed by atoms with van der Waals surface area (Å²) < 4.78 is 32.1. The molecule has 2 amide bonds. The van der Waals surface area contributed by atoms with Crippen LogP contribution in [0.15, 0.2) is 12.1 Å². The summed E-state index contributed by atoms with van der Waals surface area (Å²) in [4.78, 5) is 24.1. The maximum Gasteiger partial charge on any atom is 0.258 e. The van der Waals surface area contributed by atoms with E-state index >= 15 is 0 Å². The molecule has 12 nitrogen and oxygen atoms in total. The summed E-state index contributed by atoms with van der Waals surface area (Å²) in [6.45, 7) is 4.26. The summed E-state index contributed by atoms with van der Waals surface area (Å²) >= 11 is 0. The number of ether oxygens (including phenoxy) is 6. The lowest BCUT2D eigenvalue weighted by Gasteiger charge is -2.14. The molecule has 0 saturated heterocycles. The van der Waals surface area contributed by atoms with Crippen LogP contribution in [-0.2, 0) is 28.5 Å². The zero-order valence-electron chi connectivity index (χ0n) is 21.6. The molecule has 0 aliphatic heterocycles. The zero-order chi connectivity index (χ0) is 27.8. The van der Waals surface area contributed by atoms with Crippen LogP contribution >= 0.6 is 0 Å². The van der Waals surface area contributed by atoms with Gasteiger partial charge in [0.15, 0.2) is 13.2 Å². The van der Waals surface area contributed by atoms with E-state index in [4.69, 9.17) is 52.7 Å². The second-order valence-corrected chi connectivity index (χ2v) is 7.44. The third-order valence-corrected chi connectivity index (χ3v) is 4.52. The van der Waals surface area contributed by atoms with Gasteiger partial charge in [0, 0.05) is 38.3 Å². The van der Waals surface area contributed by atoms with Crippen molar-refractivity contribution in [2.24, 2.45) is 11.5 Å². The molecule has 1 aromatic rings. The minimum atomic E-state index is -0.359. The maximum atomic E-state index is 12.1. The normalized spacial score (nSPS) is 10.3. The first-order valence-electron chi connectivity index (χ1n) is 12.2. The fraction of sp³-hybridized carbons (Fsp3) is 0.538. The van der Waals surface area contributed by atoms with Crippen LogP contribution in [-0.4, -0.2) is 104 Å². The van der Waals surface area contributed by atoms with Crippen LogP contribution in [0.1, 0.15) is 11.1 Å². The van der Waals surface area contributed by atoms with Crippen molar-refractivity contribution in [3.8, 4) is 36.2 Å². The molecule has 0 atom stereocenters. The second kappa shape index (κ2) is 21.7. The Morgan fingerprint density at radius 1 is 0.658 bits per heavy atom. The largest absolute Gasteiger partial charge is 0.482 e. The first-order valence-corrected chi connectivity index (χ1v) is 12.2. The van der Waals surface area contributed by atoms with E-state index in [1.54, 1.807) is 0 Å². The molecule has 0 aliphatic carbocycles. The molecule has 38 heavy (non-hydrogen) atoms. The third kappa shape index (κ3) is 15.0. The molecule has 0 heterocycles. The molecular formula is C26H38N4O8. The summed E-state index contributed by atoms with van der Waals surface area (Å²) in [6, 6.07) is 2.97. The van der Waals surface area contributed by atoms with E-state index in [1.807, 2.05) is 0 Å². The van der Waals surface area contributed by atoms with Crippen LogP contribution in [0.2, 0.25) is 0 Å². The van der Waals surface area contributed by atoms with Crippen molar-refractivity contribution in [3.05, 3.63) is 23.3 Å². The molecule has 0 bridgehead atoms. The fourth-order valence-corrected chi connectivity index (χ4v) is 2.75. The van der Waals surface area contributed by atoms with Gasteiger partial charge in [-0.3, -0.25) is 9.59 Å². The molecule has 0 aromatic heterocycles. The number of rotatable bonds is 22. The van der Waals surface area contributed by atoms with Crippen LogP contribution in [0.4, 0.5) is 0 Å². The number of benzene rings is 1. The lowest BCUT2D eigenvalue weighted by atomic mass is 10.1. The monoisotopic (exact) mass is 534 g/mol. The molecule has 1 aromatic carbocycles. The Morgan fingerprint density at radius 2 is 1.03 bits per heavy atom. The highest BCUT2D eigenvalue weighted by atomic mass is 16.5. The Kier molecular flexibility index (Phi) is 18.7. The minimum Gasteiger partial charge on any atom is -0.482 e. The van der Waals surface area contributed by atoms with Gasteiger partial charge in [-0.25, -0.2) is 0 Å². The molecule has 210 valence electrons. The van der Waals surface area contributed by atoms with Crippen LogP contribution < -0.4 is 31.6 Å². The highest BCUT2D eigenvalue weighted by Gasteiger charge is 2.13. The Morgan fingerprint density at radius 3 is 1.37 bits per heavy atom. The topological polar surface area (TPSA) is 166 Å². The summed E-state index contributed by atoms with van der Waals surface area (Å²) in [5.41, 5.74) is 11.3. The molecule has 1 rings (SSSR count). The Labute approximate surface area is 224 Å². The van der Waals surface area contributed by atoms with Gasteiger partial charge < -0.3 is 50.5 Å².